The molecule has 0 saturated carbocycles. The molecule has 2 rings (SSSR count). The second-order valence-corrected chi connectivity index (χ2v) is 4.74. The first-order valence-corrected chi connectivity index (χ1v) is 6.31. The summed E-state index contributed by atoms with van der Waals surface area (Å²) in [7, 11) is 0. The fourth-order valence-electron chi connectivity index (χ4n) is 1.56. The topological polar surface area (TPSA) is 48.7 Å². The Morgan fingerprint density at radius 1 is 1.47 bits per heavy atom. The van der Waals surface area contributed by atoms with Gasteiger partial charge in [0.05, 0.1) is 16.3 Å². The molecular weight excluding hydrogens is 230 g/mol. The average molecular weight is 243 g/mol. The van der Waals surface area contributed by atoms with E-state index >= 15 is 0 Å². The molecule has 0 fully saturated rings. The van der Waals surface area contributed by atoms with E-state index in [0.29, 0.717) is 11.5 Å². The number of hydrogen-bond donors (Lipinski definition) is 1. The van der Waals surface area contributed by atoms with Gasteiger partial charge in [-0.2, -0.15) is 5.26 Å². The van der Waals surface area contributed by atoms with Crippen LogP contribution in [0.15, 0.2) is 35.8 Å². The highest BCUT2D eigenvalue weighted by Gasteiger charge is 2.08. The highest BCUT2D eigenvalue weighted by molar-refractivity contribution is 7.09. The lowest BCUT2D eigenvalue weighted by atomic mass is 10.1. The van der Waals surface area contributed by atoms with E-state index in [2.05, 4.69) is 23.3 Å². The maximum Gasteiger partial charge on any atom is 0.101 e. The van der Waals surface area contributed by atoms with E-state index in [1.54, 1.807) is 11.3 Å². The molecule has 1 unspecified atom stereocenters. The number of nitriles is 1. The number of para-hydroxylation sites is 1. The van der Waals surface area contributed by atoms with Crippen molar-refractivity contribution in [2.45, 2.75) is 12.8 Å². The van der Waals surface area contributed by atoms with Gasteiger partial charge in [0.2, 0.25) is 0 Å². The summed E-state index contributed by atoms with van der Waals surface area (Å²) in [5.74, 6) is 0.349. The summed E-state index contributed by atoms with van der Waals surface area (Å²) >= 11 is 1.66. The number of nitrogens with one attached hydrogen (secondary N) is 1. The number of benzene rings is 1. The molecule has 0 radical (unpaired) electrons. The molecule has 0 amide bonds. The molecule has 0 spiro atoms. The van der Waals surface area contributed by atoms with Crippen LogP contribution in [-0.2, 0) is 0 Å². The Morgan fingerprint density at radius 3 is 3.00 bits per heavy atom. The summed E-state index contributed by atoms with van der Waals surface area (Å²) in [4.78, 5) is 4.28. The second-order valence-electron chi connectivity index (χ2n) is 3.81. The summed E-state index contributed by atoms with van der Waals surface area (Å²) in [6.45, 7) is 2.91. The van der Waals surface area contributed by atoms with Crippen LogP contribution in [0.4, 0.5) is 5.69 Å². The summed E-state index contributed by atoms with van der Waals surface area (Å²) in [5.41, 5.74) is 1.57. The fraction of sp³-hybridized carbons (Fsp3) is 0.231. The molecule has 1 aromatic heterocycles. The Labute approximate surface area is 105 Å². The zero-order chi connectivity index (χ0) is 12.1. The lowest BCUT2D eigenvalue weighted by Crippen LogP contribution is -2.10. The predicted molar refractivity (Wildman–Crippen MR) is 70.2 cm³/mol. The highest BCUT2D eigenvalue weighted by atomic mass is 32.1. The molecule has 4 heteroatoms. The largest absolute Gasteiger partial charge is 0.383 e. The quantitative estimate of drug-likeness (QED) is 0.896. The summed E-state index contributed by atoms with van der Waals surface area (Å²) in [6, 6.07) is 9.71. The van der Waals surface area contributed by atoms with Crippen molar-refractivity contribution in [3.8, 4) is 6.07 Å². The van der Waals surface area contributed by atoms with Gasteiger partial charge in [0.15, 0.2) is 0 Å². The lowest BCUT2D eigenvalue weighted by Gasteiger charge is -2.12. The molecule has 0 bridgehead atoms. The van der Waals surface area contributed by atoms with Crippen LogP contribution in [0.3, 0.4) is 0 Å². The summed E-state index contributed by atoms with van der Waals surface area (Å²) in [6.07, 6.45) is 1.82. The van der Waals surface area contributed by atoms with Gasteiger partial charge in [0.25, 0.3) is 0 Å². The van der Waals surface area contributed by atoms with Gasteiger partial charge in [0, 0.05) is 24.0 Å². The van der Waals surface area contributed by atoms with Crippen molar-refractivity contribution >= 4 is 17.0 Å². The SMILES string of the molecule is CC(CNc1ccccc1C#N)c1nccs1. The second kappa shape index (κ2) is 5.46. The molecule has 0 aliphatic carbocycles. The first-order valence-electron chi connectivity index (χ1n) is 5.43. The molecule has 1 atom stereocenters. The smallest absolute Gasteiger partial charge is 0.101 e. The van der Waals surface area contributed by atoms with Crippen molar-refractivity contribution in [2.24, 2.45) is 0 Å². The van der Waals surface area contributed by atoms with E-state index in [4.69, 9.17) is 5.26 Å². The fourth-order valence-corrected chi connectivity index (χ4v) is 2.26. The van der Waals surface area contributed by atoms with Gasteiger partial charge in [-0.1, -0.05) is 19.1 Å². The van der Waals surface area contributed by atoms with Gasteiger partial charge in [-0.25, -0.2) is 4.98 Å². The van der Waals surface area contributed by atoms with Crippen LogP contribution < -0.4 is 5.32 Å². The maximum atomic E-state index is 8.97. The van der Waals surface area contributed by atoms with Crippen LogP contribution in [-0.4, -0.2) is 11.5 Å². The number of nitrogens with zero attached hydrogens (tertiary/aromatic N) is 2. The van der Waals surface area contributed by atoms with Crippen LogP contribution in [0, 0.1) is 11.3 Å². The zero-order valence-corrected chi connectivity index (χ0v) is 10.4. The van der Waals surface area contributed by atoms with Gasteiger partial charge < -0.3 is 5.32 Å². The molecule has 0 aliphatic heterocycles. The van der Waals surface area contributed by atoms with Gasteiger partial charge in [-0.3, -0.25) is 0 Å². The molecule has 2 aromatic rings. The lowest BCUT2D eigenvalue weighted by molar-refractivity contribution is 0.795. The first-order chi connectivity index (χ1) is 8.31. The van der Waals surface area contributed by atoms with E-state index in [1.807, 2.05) is 35.8 Å². The van der Waals surface area contributed by atoms with Crippen molar-refractivity contribution in [1.82, 2.24) is 4.98 Å². The van der Waals surface area contributed by atoms with E-state index in [-0.39, 0.29) is 0 Å². The van der Waals surface area contributed by atoms with Crippen molar-refractivity contribution in [2.75, 3.05) is 11.9 Å². The highest BCUT2D eigenvalue weighted by Crippen LogP contribution is 2.20. The minimum Gasteiger partial charge on any atom is -0.383 e. The predicted octanol–water partition coefficient (Wildman–Crippen LogP) is 3.23. The Kier molecular flexibility index (Phi) is 3.73. The van der Waals surface area contributed by atoms with Gasteiger partial charge in [0.1, 0.15) is 6.07 Å². The summed E-state index contributed by atoms with van der Waals surface area (Å²) in [5, 5.41) is 15.4. The molecule has 1 heterocycles. The Morgan fingerprint density at radius 2 is 2.29 bits per heavy atom. The number of aromatic nitrogens is 1. The van der Waals surface area contributed by atoms with E-state index < -0.39 is 0 Å². The van der Waals surface area contributed by atoms with E-state index in [0.717, 1.165) is 17.2 Å². The molecule has 1 aromatic carbocycles. The molecule has 0 saturated heterocycles. The molecule has 1 N–H and O–H groups in total. The average Bonchev–Trinajstić information content (AvgIpc) is 2.90. The van der Waals surface area contributed by atoms with Gasteiger partial charge in [-0.15, -0.1) is 11.3 Å². The van der Waals surface area contributed by atoms with Crippen molar-refractivity contribution in [3.63, 3.8) is 0 Å². The van der Waals surface area contributed by atoms with E-state index in [1.165, 1.54) is 0 Å². The third kappa shape index (κ3) is 2.83. The zero-order valence-electron chi connectivity index (χ0n) is 9.55. The minimum absolute atomic E-state index is 0.349. The Bertz CT molecular complexity index is 514. The molecule has 86 valence electrons. The van der Waals surface area contributed by atoms with Crippen molar-refractivity contribution < 1.29 is 0 Å². The minimum atomic E-state index is 0.349. The van der Waals surface area contributed by atoms with Crippen LogP contribution >= 0.6 is 11.3 Å². The van der Waals surface area contributed by atoms with Gasteiger partial charge >= 0.3 is 0 Å². The Hall–Kier alpha value is -1.86. The monoisotopic (exact) mass is 243 g/mol. The number of hydrogen-bond acceptors (Lipinski definition) is 4. The normalized spacial score (nSPS) is 11.8. The van der Waals surface area contributed by atoms with Crippen LogP contribution in [0.2, 0.25) is 0 Å². The van der Waals surface area contributed by atoms with Crippen molar-refractivity contribution in [1.29, 1.82) is 5.26 Å². The molecular formula is C13H13N3S. The maximum absolute atomic E-state index is 8.97. The van der Waals surface area contributed by atoms with Crippen molar-refractivity contribution in [3.05, 3.63) is 46.4 Å². The van der Waals surface area contributed by atoms with Crippen LogP contribution in [0.5, 0.6) is 0 Å². The number of thiazole rings is 1. The molecule has 17 heavy (non-hydrogen) atoms. The Balaban J connectivity index is 2.01. The third-order valence-corrected chi connectivity index (χ3v) is 3.53. The van der Waals surface area contributed by atoms with Crippen LogP contribution in [0.1, 0.15) is 23.4 Å². The van der Waals surface area contributed by atoms with Crippen LogP contribution in [0.25, 0.3) is 0 Å². The number of rotatable bonds is 4. The molecule has 3 nitrogen and oxygen atoms in total. The summed E-state index contributed by atoms with van der Waals surface area (Å²) < 4.78 is 0. The van der Waals surface area contributed by atoms with Gasteiger partial charge in [-0.05, 0) is 12.1 Å². The standard InChI is InChI=1S/C13H13N3S/c1-10(13-15-6-7-17-13)9-16-12-5-3-2-4-11(12)8-14/h2-7,10,16H,9H2,1H3. The number of anilines is 1. The van der Waals surface area contributed by atoms with E-state index in [9.17, 15) is 0 Å². The first kappa shape index (κ1) is 11.6. The third-order valence-electron chi connectivity index (χ3n) is 2.52. The molecule has 0 aliphatic rings.